The van der Waals surface area contributed by atoms with Crippen LogP contribution in [0.5, 0.6) is 5.75 Å². The van der Waals surface area contributed by atoms with Crippen molar-refractivity contribution < 1.29 is 14.6 Å². The number of carbonyl (C=O) groups excluding carboxylic acids is 1. The Kier molecular flexibility index (Phi) is 3.86. The molecule has 0 aromatic heterocycles. The number of carbonyl (C=O) groups is 1. The molecule has 1 rings (SSSR count). The Bertz CT molecular complexity index is 369. The lowest BCUT2D eigenvalue weighted by Crippen LogP contribution is -2.07. The van der Waals surface area contributed by atoms with E-state index in [1.54, 1.807) is 6.07 Å². The maximum absolute atomic E-state index is 11.4. The highest BCUT2D eigenvalue weighted by atomic mass is 16.5. The van der Waals surface area contributed by atoms with Crippen molar-refractivity contribution in [3.8, 4) is 5.75 Å². The highest BCUT2D eigenvalue weighted by Gasteiger charge is 2.11. The number of aliphatic hydroxyl groups is 1. The number of benzene rings is 1. The van der Waals surface area contributed by atoms with Crippen molar-refractivity contribution >= 4 is 5.78 Å². The second-order valence-corrected chi connectivity index (χ2v) is 3.45. The zero-order valence-corrected chi connectivity index (χ0v) is 9.33. The Morgan fingerprint density at radius 3 is 2.53 bits per heavy atom. The van der Waals surface area contributed by atoms with Gasteiger partial charge in [-0.05, 0) is 44.0 Å². The van der Waals surface area contributed by atoms with Crippen molar-refractivity contribution in [1.29, 1.82) is 0 Å². The van der Waals surface area contributed by atoms with Crippen LogP contribution in [0.15, 0.2) is 12.1 Å². The van der Waals surface area contributed by atoms with Crippen molar-refractivity contribution in [3.63, 3.8) is 0 Å². The highest BCUT2D eigenvalue weighted by Crippen LogP contribution is 2.23. The summed E-state index contributed by atoms with van der Waals surface area (Å²) in [5.74, 6) is 0.545. The van der Waals surface area contributed by atoms with E-state index in [1.165, 1.54) is 0 Å². The largest absolute Gasteiger partial charge is 0.494 e. The molecule has 15 heavy (non-hydrogen) atoms. The van der Waals surface area contributed by atoms with Crippen LogP contribution >= 0.6 is 0 Å². The van der Waals surface area contributed by atoms with E-state index in [9.17, 15) is 4.79 Å². The standard InChI is InChI=1S/C12H16O3/c1-4-15-12-6-8(2)10(5-9(12)3)11(14)7-13/h5-6,13H,4,7H2,1-3H3. The molecule has 0 radical (unpaired) electrons. The third-order valence-electron chi connectivity index (χ3n) is 2.27. The Labute approximate surface area is 89.7 Å². The number of ketones is 1. The van der Waals surface area contributed by atoms with E-state index in [4.69, 9.17) is 9.84 Å². The molecule has 0 amide bonds. The first-order chi connectivity index (χ1) is 7.10. The van der Waals surface area contributed by atoms with Crippen molar-refractivity contribution in [1.82, 2.24) is 0 Å². The van der Waals surface area contributed by atoms with Gasteiger partial charge in [0.1, 0.15) is 12.4 Å². The molecular formula is C12H16O3. The number of hydrogen-bond acceptors (Lipinski definition) is 3. The maximum atomic E-state index is 11.4. The fraction of sp³-hybridized carbons (Fsp3) is 0.417. The normalized spacial score (nSPS) is 10.1. The van der Waals surface area contributed by atoms with Crippen LogP contribution < -0.4 is 4.74 Å². The summed E-state index contributed by atoms with van der Waals surface area (Å²) in [5.41, 5.74) is 2.32. The molecule has 0 bridgehead atoms. The molecule has 3 heteroatoms. The molecule has 0 saturated carbocycles. The van der Waals surface area contributed by atoms with E-state index < -0.39 is 6.61 Å². The molecule has 0 atom stereocenters. The zero-order chi connectivity index (χ0) is 11.4. The van der Waals surface area contributed by atoms with Gasteiger partial charge in [0.25, 0.3) is 0 Å². The van der Waals surface area contributed by atoms with Gasteiger partial charge < -0.3 is 9.84 Å². The molecule has 0 saturated heterocycles. The van der Waals surface area contributed by atoms with Crippen molar-refractivity contribution in [2.24, 2.45) is 0 Å². The van der Waals surface area contributed by atoms with Gasteiger partial charge in [-0.2, -0.15) is 0 Å². The van der Waals surface area contributed by atoms with Gasteiger partial charge in [-0.1, -0.05) is 0 Å². The van der Waals surface area contributed by atoms with E-state index in [0.29, 0.717) is 12.2 Å². The van der Waals surface area contributed by atoms with E-state index in [-0.39, 0.29) is 5.78 Å². The smallest absolute Gasteiger partial charge is 0.188 e. The molecule has 0 spiro atoms. The summed E-state index contributed by atoms with van der Waals surface area (Å²) >= 11 is 0. The number of aryl methyl sites for hydroxylation is 2. The highest BCUT2D eigenvalue weighted by molar-refractivity contribution is 5.98. The zero-order valence-electron chi connectivity index (χ0n) is 9.33. The van der Waals surface area contributed by atoms with E-state index in [2.05, 4.69) is 0 Å². The number of rotatable bonds is 4. The minimum absolute atomic E-state index is 0.251. The van der Waals surface area contributed by atoms with Crippen LogP contribution in [-0.2, 0) is 0 Å². The van der Waals surface area contributed by atoms with Crippen LogP contribution in [0, 0.1) is 13.8 Å². The molecule has 0 unspecified atom stereocenters. The molecule has 3 nitrogen and oxygen atoms in total. The topological polar surface area (TPSA) is 46.5 Å². The molecule has 1 aromatic rings. The van der Waals surface area contributed by atoms with Crippen LogP contribution in [0.2, 0.25) is 0 Å². The maximum Gasteiger partial charge on any atom is 0.188 e. The van der Waals surface area contributed by atoms with Crippen LogP contribution in [0.4, 0.5) is 0 Å². The quantitative estimate of drug-likeness (QED) is 0.768. The summed E-state index contributed by atoms with van der Waals surface area (Å²) in [6, 6.07) is 3.60. The van der Waals surface area contributed by atoms with Crippen molar-refractivity contribution in [3.05, 3.63) is 28.8 Å². The van der Waals surface area contributed by atoms with E-state index >= 15 is 0 Å². The lowest BCUT2D eigenvalue weighted by atomic mass is 10.0. The number of aliphatic hydroxyl groups excluding tert-OH is 1. The van der Waals surface area contributed by atoms with Gasteiger partial charge in [-0.15, -0.1) is 0 Å². The van der Waals surface area contributed by atoms with Gasteiger partial charge in [0.2, 0.25) is 0 Å². The average molecular weight is 208 g/mol. The summed E-state index contributed by atoms with van der Waals surface area (Å²) in [7, 11) is 0. The Morgan fingerprint density at radius 2 is 2.00 bits per heavy atom. The lowest BCUT2D eigenvalue weighted by Gasteiger charge is -2.11. The SMILES string of the molecule is CCOc1cc(C)c(C(=O)CO)cc1C. The predicted molar refractivity (Wildman–Crippen MR) is 58.5 cm³/mol. The van der Waals surface area contributed by atoms with E-state index in [1.807, 2.05) is 26.8 Å². The third kappa shape index (κ3) is 2.57. The first-order valence-corrected chi connectivity index (χ1v) is 4.98. The Balaban J connectivity index is 3.13. The van der Waals surface area contributed by atoms with Gasteiger partial charge in [0.05, 0.1) is 6.61 Å². The van der Waals surface area contributed by atoms with Crippen molar-refractivity contribution in [2.45, 2.75) is 20.8 Å². The predicted octanol–water partition coefficient (Wildman–Crippen LogP) is 1.88. The van der Waals surface area contributed by atoms with Crippen LogP contribution in [-0.4, -0.2) is 24.1 Å². The Morgan fingerprint density at radius 1 is 1.33 bits per heavy atom. The first-order valence-electron chi connectivity index (χ1n) is 4.98. The Hall–Kier alpha value is -1.35. The number of hydrogen-bond donors (Lipinski definition) is 1. The summed E-state index contributed by atoms with van der Waals surface area (Å²) in [6.45, 7) is 5.80. The van der Waals surface area contributed by atoms with Gasteiger partial charge in [0, 0.05) is 5.56 Å². The van der Waals surface area contributed by atoms with Crippen LogP contribution in [0.3, 0.4) is 0 Å². The van der Waals surface area contributed by atoms with Gasteiger partial charge >= 0.3 is 0 Å². The second-order valence-electron chi connectivity index (χ2n) is 3.45. The lowest BCUT2D eigenvalue weighted by molar-refractivity contribution is 0.0903. The second kappa shape index (κ2) is 4.94. The van der Waals surface area contributed by atoms with E-state index in [0.717, 1.165) is 16.9 Å². The van der Waals surface area contributed by atoms with Crippen LogP contribution in [0.1, 0.15) is 28.4 Å². The molecule has 0 aliphatic rings. The minimum Gasteiger partial charge on any atom is -0.494 e. The molecule has 1 N–H and O–H groups in total. The minimum atomic E-state index is -0.450. The molecule has 0 aliphatic heterocycles. The first kappa shape index (κ1) is 11.7. The van der Waals surface area contributed by atoms with Crippen molar-refractivity contribution in [2.75, 3.05) is 13.2 Å². The molecule has 0 aliphatic carbocycles. The summed E-state index contributed by atoms with van der Waals surface area (Å²) in [5, 5.41) is 8.80. The fourth-order valence-corrected chi connectivity index (χ4v) is 1.49. The molecule has 0 fully saturated rings. The van der Waals surface area contributed by atoms with Gasteiger partial charge in [0.15, 0.2) is 5.78 Å². The molecular weight excluding hydrogens is 192 g/mol. The summed E-state index contributed by atoms with van der Waals surface area (Å²) < 4.78 is 5.41. The molecule has 82 valence electrons. The van der Waals surface area contributed by atoms with Crippen LogP contribution in [0.25, 0.3) is 0 Å². The molecule has 0 heterocycles. The van der Waals surface area contributed by atoms with Gasteiger partial charge in [-0.25, -0.2) is 0 Å². The number of ether oxygens (including phenoxy) is 1. The average Bonchev–Trinajstić information content (AvgIpc) is 2.22. The fourth-order valence-electron chi connectivity index (χ4n) is 1.49. The summed E-state index contributed by atoms with van der Waals surface area (Å²) in [4.78, 5) is 11.4. The summed E-state index contributed by atoms with van der Waals surface area (Å²) in [6.07, 6.45) is 0. The third-order valence-corrected chi connectivity index (χ3v) is 2.27. The molecule has 1 aromatic carbocycles. The number of Topliss-reactive ketones (excluding diaryl/α,β-unsaturated/α-hetero) is 1. The monoisotopic (exact) mass is 208 g/mol. The van der Waals surface area contributed by atoms with Gasteiger partial charge in [-0.3, -0.25) is 4.79 Å².